The van der Waals surface area contributed by atoms with E-state index in [9.17, 15) is 13.2 Å². The monoisotopic (exact) mass is 489 g/mol. The largest absolute Gasteiger partial charge is 0.356 e. The number of amides is 1. The fraction of sp³-hybridized carbons (Fsp3) is 0.500. The summed E-state index contributed by atoms with van der Waals surface area (Å²) >= 11 is 13.8. The molecular weight excluding hydrogens is 465 g/mol. The zero-order chi connectivity index (χ0) is 21.7. The zero-order valence-electron chi connectivity index (χ0n) is 16.7. The zero-order valence-corrected chi connectivity index (χ0v) is 19.9. The molecule has 1 aromatic heterocycles. The lowest BCUT2D eigenvalue weighted by molar-refractivity contribution is -0.126. The number of carbonyl (C=O) groups is 1. The Hall–Kier alpha value is -1.19. The first kappa shape index (κ1) is 23.5. The van der Waals surface area contributed by atoms with Crippen molar-refractivity contribution in [3.8, 4) is 0 Å². The molecule has 164 valence electrons. The Kier molecular flexibility index (Phi) is 8.15. The van der Waals surface area contributed by atoms with E-state index in [2.05, 4.69) is 10.3 Å². The summed E-state index contributed by atoms with van der Waals surface area (Å²) < 4.78 is 27.2. The first-order chi connectivity index (χ1) is 14.3. The van der Waals surface area contributed by atoms with Crippen molar-refractivity contribution in [2.45, 2.75) is 43.9 Å². The van der Waals surface area contributed by atoms with Gasteiger partial charge >= 0.3 is 0 Å². The van der Waals surface area contributed by atoms with Gasteiger partial charge in [-0.3, -0.25) is 4.79 Å². The number of aryl methyl sites for hydroxylation is 2. The maximum atomic E-state index is 12.9. The van der Waals surface area contributed by atoms with Crippen molar-refractivity contribution < 1.29 is 13.2 Å². The van der Waals surface area contributed by atoms with E-state index < -0.39 is 10.0 Å². The average Bonchev–Trinajstić information content (AvgIpc) is 3.12. The number of benzene rings is 1. The van der Waals surface area contributed by atoms with Gasteiger partial charge in [-0.25, -0.2) is 13.4 Å². The molecule has 1 aromatic carbocycles. The molecule has 1 amide bonds. The Morgan fingerprint density at radius 3 is 2.50 bits per heavy atom. The highest BCUT2D eigenvalue weighted by Crippen LogP contribution is 2.33. The number of hydrogen-bond acceptors (Lipinski definition) is 5. The Labute approximate surface area is 191 Å². The van der Waals surface area contributed by atoms with E-state index in [1.807, 2.05) is 12.3 Å². The minimum absolute atomic E-state index is 0.00656. The van der Waals surface area contributed by atoms with E-state index in [1.54, 1.807) is 17.4 Å². The fourth-order valence-electron chi connectivity index (χ4n) is 3.49. The van der Waals surface area contributed by atoms with Crippen LogP contribution in [0.15, 0.2) is 28.5 Å². The summed E-state index contributed by atoms with van der Waals surface area (Å²) in [6, 6.07) is 4.63. The normalized spacial score (nSPS) is 16.0. The summed E-state index contributed by atoms with van der Waals surface area (Å²) in [4.78, 5) is 16.8. The van der Waals surface area contributed by atoms with Crippen LogP contribution < -0.4 is 5.32 Å². The Morgan fingerprint density at radius 2 is 1.90 bits per heavy atom. The molecule has 0 spiro atoms. The highest BCUT2D eigenvalue weighted by atomic mass is 35.5. The van der Waals surface area contributed by atoms with Crippen LogP contribution in [-0.2, 0) is 21.2 Å². The molecule has 1 aliphatic heterocycles. The predicted octanol–water partition coefficient (Wildman–Crippen LogP) is 4.30. The smallest absolute Gasteiger partial charge is 0.246 e. The van der Waals surface area contributed by atoms with Crippen LogP contribution in [0.1, 0.15) is 36.4 Å². The van der Waals surface area contributed by atoms with Crippen LogP contribution in [0.4, 0.5) is 0 Å². The van der Waals surface area contributed by atoms with Crippen molar-refractivity contribution in [1.29, 1.82) is 0 Å². The van der Waals surface area contributed by atoms with Gasteiger partial charge in [0.05, 0.1) is 15.1 Å². The van der Waals surface area contributed by atoms with Gasteiger partial charge in [0.1, 0.15) is 4.90 Å². The van der Waals surface area contributed by atoms with Crippen LogP contribution in [0.5, 0.6) is 0 Å². The summed E-state index contributed by atoms with van der Waals surface area (Å²) in [6.45, 7) is 3.15. The van der Waals surface area contributed by atoms with Gasteiger partial charge in [-0.2, -0.15) is 4.31 Å². The van der Waals surface area contributed by atoms with Crippen LogP contribution >= 0.6 is 34.5 Å². The van der Waals surface area contributed by atoms with E-state index >= 15 is 0 Å². The molecule has 0 atom stereocenters. The van der Waals surface area contributed by atoms with Gasteiger partial charge < -0.3 is 5.32 Å². The third-order valence-electron chi connectivity index (χ3n) is 5.12. The van der Waals surface area contributed by atoms with Gasteiger partial charge in [0.2, 0.25) is 15.9 Å². The van der Waals surface area contributed by atoms with E-state index in [4.69, 9.17) is 23.2 Å². The van der Waals surface area contributed by atoms with E-state index in [-0.39, 0.29) is 39.9 Å². The molecule has 1 saturated heterocycles. The van der Waals surface area contributed by atoms with E-state index in [0.29, 0.717) is 19.4 Å². The SMILES string of the molecule is Cc1csc(CCCCNC(=O)C2CCN(S(=O)(=O)c3c(Cl)cccc3Cl)CC2)n1. The summed E-state index contributed by atoms with van der Waals surface area (Å²) in [6.07, 6.45) is 3.75. The molecular formula is C20H25Cl2N3O3S2. The molecule has 0 bridgehead atoms. The molecule has 0 radical (unpaired) electrons. The number of unbranched alkanes of at least 4 members (excludes halogenated alkanes) is 1. The molecule has 10 heteroatoms. The van der Waals surface area contributed by atoms with Gasteiger partial charge in [0.15, 0.2) is 0 Å². The maximum absolute atomic E-state index is 12.9. The van der Waals surface area contributed by atoms with Crippen molar-refractivity contribution in [2.24, 2.45) is 5.92 Å². The lowest BCUT2D eigenvalue weighted by Crippen LogP contribution is -2.43. The second kappa shape index (κ2) is 10.4. The van der Waals surface area contributed by atoms with E-state index in [1.165, 1.54) is 16.4 Å². The van der Waals surface area contributed by atoms with Crippen molar-refractivity contribution in [1.82, 2.24) is 14.6 Å². The highest BCUT2D eigenvalue weighted by Gasteiger charge is 2.34. The summed E-state index contributed by atoms with van der Waals surface area (Å²) in [7, 11) is -3.79. The number of carbonyl (C=O) groups excluding carboxylic acids is 1. The number of sulfonamides is 1. The Bertz CT molecular complexity index is 967. The third kappa shape index (κ3) is 5.73. The first-order valence-corrected chi connectivity index (χ1v) is 13.0. The first-order valence-electron chi connectivity index (χ1n) is 9.92. The van der Waals surface area contributed by atoms with Gasteiger partial charge in [0.25, 0.3) is 0 Å². The third-order valence-corrected chi connectivity index (χ3v) is 9.01. The topological polar surface area (TPSA) is 79.4 Å². The number of nitrogens with zero attached hydrogens (tertiary/aromatic N) is 2. The van der Waals surface area contributed by atoms with Gasteiger partial charge in [-0.1, -0.05) is 29.3 Å². The quantitative estimate of drug-likeness (QED) is 0.560. The number of nitrogens with one attached hydrogen (secondary N) is 1. The fourth-order valence-corrected chi connectivity index (χ4v) is 6.87. The van der Waals surface area contributed by atoms with Crippen molar-refractivity contribution >= 4 is 50.5 Å². The number of halogens is 2. The predicted molar refractivity (Wildman–Crippen MR) is 121 cm³/mol. The number of thiazole rings is 1. The summed E-state index contributed by atoms with van der Waals surface area (Å²) in [5.41, 5.74) is 1.05. The van der Waals surface area contributed by atoms with Gasteiger partial charge in [0, 0.05) is 36.6 Å². The number of rotatable bonds is 8. The average molecular weight is 490 g/mol. The van der Waals surface area contributed by atoms with Crippen LogP contribution in [0.3, 0.4) is 0 Å². The van der Waals surface area contributed by atoms with Gasteiger partial charge in [-0.15, -0.1) is 11.3 Å². The maximum Gasteiger partial charge on any atom is 0.246 e. The van der Waals surface area contributed by atoms with E-state index in [0.717, 1.165) is 30.0 Å². The second-order valence-corrected chi connectivity index (χ2v) is 11.0. The van der Waals surface area contributed by atoms with Crippen LogP contribution in [0.25, 0.3) is 0 Å². The molecule has 1 aliphatic rings. The summed E-state index contributed by atoms with van der Waals surface area (Å²) in [5, 5.41) is 6.37. The second-order valence-electron chi connectivity index (χ2n) is 7.36. The molecule has 6 nitrogen and oxygen atoms in total. The molecule has 2 aromatic rings. The number of hydrogen-bond donors (Lipinski definition) is 1. The van der Waals surface area contributed by atoms with Crippen molar-refractivity contribution in [2.75, 3.05) is 19.6 Å². The summed E-state index contributed by atoms with van der Waals surface area (Å²) in [5.74, 6) is -0.187. The molecule has 0 unspecified atom stereocenters. The Balaban J connectivity index is 1.44. The molecule has 2 heterocycles. The van der Waals surface area contributed by atoms with Crippen molar-refractivity contribution in [3.05, 3.63) is 44.3 Å². The van der Waals surface area contributed by atoms with Crippen molar-refractivity contribution in [3.63, 3.8) is 0 Å². The van der Waals surface area contributed by atoms with Crippen LogP contribution in [-0.4, -0.2) is 43.2 Å². The number of aromatic nitrogens is 1. The molecule has 0 saturated carbocycles. The Morgan fingerprint density at radius 1 is 1.23 bits per heavy atom. The lowest BCUT2D eigenvalue weighted by atomic mass is 9.97. The van der Waals surface area contributed by atoms with Crippen LogP contribution in [0, 0.1) is 12.8 Å². The highest BCUT2D eigenvalue weighted by molar-refractivity contribution is 7.89. The molecule has 30 heavy (non-hydrogen) atoms. The molecule has 1 fully saturated rings. The minimum Gasteiger partial charge on any atom is -0.356 e. The van der Waals surface area contributed by atoms with Gasteiger partial charge in [-0.05, 0) is 51.2 Å². The molecule has 3 rings (SSSR count). The number of piperidine rings is 1. The molecule has 0 aliphatic carbocycles. The minimum atomic E-state index is -3.79. The lowest BCUT2D eigenvalue weighted by Gasteiger charge is -2.31. The molecule has 1 N–H and O–H groups in total. The van der Waals surface area contributed by atoms with Crippen LogP contribution in [0.2, 0.25) is 10.0 Å². The standard InChI is InChI=1S/C20H25Cl2N3O3S2/c1-14-13-29-18(24-14)7-2-3-10-23-20(26)15-8-11-25(12-9-15)30(27,28)19-16(21)5-4-6-17(19)22/h4-6,13,15H,2-3,7-12H2,1H3,(H,23,26).